The van der Waals surface area contributed by atoms with E-state index in [9.17, 15) is 4.79 Å². The minimum Gasteiger partial charge on any atom is -0.373 e. The van der Waals surface area contributed by atoms with Crippen molar-refractivity contribution in [1.82, 2.24) is 25.4 Å². The van der Waals surface area contributed by atoms with E-state index in [1.54, 1.807) is 0 Å². The van der Waals surface area contributed by atoms with Crippen molar-refractivity contribution in [3.05, 3.63) is 99.9 Å². The standard InChI is InChI=1S/C33H38N6O/c1-21-8-11-24(12-9-21)30-35-32(38-37-30)33(16-18-39(4)19-17-33)36-26-7-5-6-25(20-26)31(40)34-29-15-14-27-23(3)22(2)10-13-28(27)29/h5-13,20,29,36H,14-19H2,1-4H3,(H,34,40)(H,35,37,38). The molecule has 2 aliphatic rings. The molecular weight excluding hydrogens is 496 g/mol. The molecule has 1 aromatic heterocycles. The van der Waals surface area contributed by atoms with Crippen molar-refractivity contribution in [2.75, 3.05) is 25.5 Å². The van der Waals surface area contributed by atoms with Crippen molar-refractivity contribution in [3.63, 3.8) is 0 Å². The smallest absolute Gasteiger partial charge is 0.251 e. The molecule has 4 aromatic rings. The Labute approximate surface area is 236 Å². The number of rotatable bonds is 6. The van der Waals surface area contributed by atoms with Crippen LogP contribution in [0.15, 0.2) is 60.7 Å². The average molecular weight is 535 g/mol. The molecule has 1 saturated heterocycles. The lowest BCUT2D eigenvalue weighted by Crippen LogP contribution is -2.46. The van der Waals surface area contributed by atoms with Crippen LogP contribution in [0.4, 0.5) is 5.69 Å². The van der Waals surface area contributed by atoms with Crippen LogP contribution in [-0.2, 0) is 12.0 Å². The summed E-state index contributed by atoms with van der Waals surface area (Å²) in [5, 5.41) is 14.9. The predicted octanol–water partition coefficient (Wildman–Crippen LogP) is 5.85. The van der Waals surface area contributed by atoms with E-state index in [2.05, 4.69) is 89.9 Å². The van der Waals surface area contributed by atoms with Crippen LogP contribution in [0, 0.1) is 20.8 Å². The first-order chi connectivity index (χ1) is 19.3. The SMILES string of the molecule is Cc1ccc(-c2n[nH]c(C3(Nc4cccc(C(=O)NC5CCc6c5ccc(C)c6C)c4)CCN(C)CC3)n2)cc1. The van der Waals surface area contributed by atoms with Gasteiger partial charge in [-0.05, 0) is 94.0 Å². The summed E-state index contributed by atoms with van der Waals surface area (Å²) in [5.41, 5.74) is 8.66. The molecule has 206 valence electrons. The number of aryl methyl sites for hydroxylation is 2. The highest BCUT2D eigenvalue weighted by Crippen LogP contribution is 2.37. The van der Waals surface area contributed by atoms with Crippen LogP contribution < -0.4 is 10.6 Å². The lowest BCUT2D eigenvalue weighted by atomic mass is 9.86. The molecule has 0 radical (unpaired) electrons. The highest BCUT2D eigenvalue weighted by molar-refractivity contribution is 5.95. The number of likely N-dealkylation sites (tertiary alicyclic amines) is 1. The molecule has 1 atom stereocenters. The molecule has 7 nitrogen and oxygen atoms in total. The van der Waals surface area contributed by atoms with Crippen molar-refractivity contribution < 1.29 is 4.79 Å². The number of carbonyl (C=O) groups is 1. The molecule has 0 spiro atoms. The topological polar surface area (TPSA) is 85.9 Å². The number of hydrogen-bond donors (Lipinski definition) is 3. The number of benzene rings is 3. The van der Waals surface area contributed by atoms with E-state index in [1.807, 2.05) is 24.3 Å². The maximum atomic E-state index is 13.4. The highest BCUT2D eigenvalue weighted by Gasteiger charge is 2.39. The zero-order chi connectivity index (χ0) is 27.9. The van der Waals surface area contributed by atoms with Crippen LogP contribution >= 0.6 is 0 Å². The van der Waals surface area contributed by atoms with Gasteiger partial charge >= 0.3 is 0 Å². The molecule has 3 N–H and O–H groups in total. The van der Waals surface area contributed by atoms with Gasteiger partial charge in [0.1, 0.15) is 0 Å². The molecule has 6 rings (SSSR count). The Bertz CT molecular complexity index is 1530. The third-order valence-electron chi connectivity index (χ3n) is 8.87. The molecule has 7 heteroatoms. The maximum Gasteiger partial charge on any atom is 0.251 e. The number of H-pyrrole nitrogens is 1. The van der Waals surface area contributed by atoms with Crippen LogP contribution in [0.3, 0.4) is 0 Å². The third kappa shape index (κ3) is 5.02. The van der Waals surface area contributed by atoms with Crippen molar-refractivity contribution >= 4 is 11.6 Å². The zero-order valence-electron chi connectivity index (χ0n) is 23.8. The zero-order valence-corrected chi connectivity index (χ0v) is 23.8. The number of aromatic nitrogens is 3. The monoisotopic (exact) mass is 534 g/mol. The van der Waals surface area contributed by atoms with E-state index < -0.39 is 5.54 Å². The molecule has 40 heavy (non-hydrogen) atoms. The number of amides is 1. The number of aromatic amines is 1. The summed E-state index contributed by atoms with van der Waals surface area (Å²) in [6.07, 6.45) is 3.70. The fourth-order valence-electron chi connectivity index (χ4n) is 6.13. The Morgan fingerprint density at radius 1 is 1.02 bits per heavy atom. The Morgan fingerprint density at radius 2 is 1.80 bits per heavy atom. The molecule has 2 heterocycles. The van der Waals surface area contributed by atoms with Crippen LogP contribution in [0.2, 0.25) is 0 Å². The van der Waals surface area contributed by atoms with Gasteiger partial charge in [-0.25, -0.2) is 4.98 Å². The van der Waals surface area contributed by atoms with Gasteiger partial charge in [0.15, 0.2) is 11.6 Å². The maximum absolute atomic E-state index is 13.4. The normalized spacial score (nSPS) is 18.4. The fourth-order valence-corrected chi connectivity index (χ4v) is 6.13. The van der Waals surface area contributed by atoms with E-state index in [4.69, 9.17) is 4.98 Å². The number of nitrogens with zero attached hydrogens (tertiary/aromatic N) is 3. The Morgan fingerprint density at radius 3 is 2.58 bits per heavy atom. The van der Waals surface area contributed by atoms with E-state index in [0.29, 0.717) is 11.4 Å². The lowest BCUT2D eigenvalue weighted by Gasteiger charge is -2.40. The third-order valence-corrected chi connectivity index (χ3v) is 8.87. The fraction of sp³-hybridized carbons (Fsp3) is 0.364. The van der Waals surface area contributed by atoms with E-state index >= 15 is 0 Å². The second kappa shape index (κ2) is 10.5. The minimum absolute atomic E-state index is 0.0431. The summed E-state index contributed by atoms with van der Waals surface area (Å²) >= 11 is 0. The van der Waals surface area contributed by atoms with Crippen LogP contribution in [0.1, 0.15) is 69.3 Å². The number of nitrogens with one attached hydrogen (secondary N) is 3. The lowest BCUT2D eigenvalue weighted by molar-refractivity contribution is 0.0936. The Balaban J connectivity index is 1.23. The molecule has 1 amide bonds. The van der Waals surface area contributed by atoms with E-state index in [0.717, 1.165) is 55.8 Å². The first-order valence-corrected chi connectivity index (χ1v) is 14.3. The summed E-state index contributed by atoms with van der Waals surface area (Å²) in [6.45, 7) is 8.29. The largest absolute Gasteiger partial charge is 0.373 e. The first kappa shape index (κ1) is 26.3. The summed E-state index contributed by atoms with van der Waals surface area (Å²) in [7, 11) is 2.15. The molecular formula is C33H38N6O. The molecule has 1 unspecified atom stereocenters. The van der Waals surface area contributed by atoms with Crippen LogP contribution in [-0.4, -0.2) is 46.1 Å². The van der Waals surface area contributed by atoms with Crippen LogP contribution in [0.5, 0.6) is 0 Å². The average Bonchev–Trinajstić information content (AvgIpc) is 3.61. The molecule has 1 aliphatic heterocycles. The minimum atomic E-state index is -0.405. The van der Waals surface area contributed by atoms with E-state index in [1.165, 1.54) is 27.8 Å². The number of fused-ring (bicyclic) bond motifs is 1. The summed E-state index contributed by atoms with van der Waals surface area (Å²) in [4.78, 5) is 20.7. The van der Waals surface area contributed by atoms with Crippen molar-refractivity contribution in [3.8, 4) is 11.4 Å². The second-order valence-electron chi connectivity index (χ2n) is 11.6. The Kier molecular flexibility index (Phi) is 6.92. The molecule has 1 aliphatic carbocycles. The number of hydrogen-bond acceptors (Lipinski definition) is 5. The number of carbonyl (C=O) groups excluding carboxylic acids is 1. The second-order valence-corrected chi connectivity index (χ2v) is 11.6. The molecule has 0 bridgehead atoms. The van der Waals surface area contributed by atoms with Gasteiger partial charge in [-0.1, -0.05) is 48.0 Å². The summed E-state index contributed by atoms with van der Waals surface area (Å²) in [5.74, 6) is 1.49. The highest BCUT2D eigenvalue weighted by atomic mass is 16.1. The van der Waals surface area contributed by atoms with Crippen molar-refractivity contribution in [2.45, 2.75) is 58.0 Å². The van der Waals surface area contributed by atoms with Gasteiger partial charge in [-0.15, -0.1) is 0 Å². The van der Waals surface area contributed by atoms with Gasteiger partial charge < -0.3 is 15.5 Å². The number of piperidine rings is 1. The van der Waals surface area contributed by atoms with Crippen LogP contribution in [0.25, 0.3) is 11.4 Å². The summed E-state index contributed by atoms with van der Waals surface area (Å²) in [6, 6.07) is 20.5. The van der Waals surface area contributed by atoms with Gasteiger partial charge in [0.2, 0.25) is 0 Å². The molecule has 0 saturated carbocycles. The molecule has 3 aromatic carbocycles. The van der Waals surface area contributed by atoms with Gasteiger partial charge in [0, 0.05) is 29.9 Å². The summed E-state index contributed by atoms with van der Waals surface area (Å²) < 4.78 is 0. The predicted molar refractivity (Wildman–Crippen MR) is 159 cm³/mol. The van der Waals surface area contributed by atoms with Gasteiger partial charge in [0.25, 0.3) is 5.91 Å². The van der Waals surface area contributed by atoms with Gasteiger partial charge in [0.05, 0.1) is 11.6 Å². The quantitative estimate of drug-likeness (QED) is 0.289. The Hall–Kier alpha value is -3.97. The molecule has 1 fully saturated rings. The van der Waals surface area contributed by atoms with Crippen molar-refractivity contribution in [1.29, 1.82) is 0 Å². The van der Waals surface area contributed by atoms with Crippen molar-refractivity contribution in [2.24, 2.45) is 0 Å². The van der Waals surface area contributed by atoms with Gasteiger partial charge in [-0.3, -0.25) is 9.89 Å². The van der Waals surface area contributed by atoms with E-state index in [-0.39, 0.29) is 11.9 Å². The number of anilines is 1. The van der Waals surface area contributed by atoms with Gasteiger partial charge in [-0.2, -0.15) is 5.10 Å². The first-order valence-electron chi connectivity index (χ1n) is 14.3.